The van der Waals surface area contributed by atoms with Crippen LogP contribution in [0.15, 0.2) is 23.8 Å². The van der Waals surface area contributed by atoms with Gasteiger partial charge in [-0.1, -0.05) is 43.2 Å². The van der Waals surface area contributed by atoms with Crippen molar-refractivity contribution in [3.63, 3.8) is 0 Å². The van der Waals surface area contributed by atoms with Gasteiger partial charge in [0.15, 0.2) is 5.01 Å². The van der Waals surface area contributed by atoms with Gasteiger partial charge in [0.2, 0.25) is 0 Å². The first-order chi connectivity index (χ1) is 16.9. The summed E-state index contributed by atoms with van der Waals surface area (Å²) in [6.07, 6.45) is 8.67. The molecule has 0 bridgehead atoms. The third kappa shape index (κ3) is 5.42. The molecular weight excluding hydrogens is 500 g/mol. The first-order valence-corrected chi connectivity index (χ1v) is 14.1. The maximum absolute atomic E-state index is 12.5. The van der Waals surface area contributed by atoms with Crippen LogP contribution in [0.2, 0.25) is 4.34 Å². The monoisotopic (exact) mass is 528 g/mol. The molecule has 1 fully saturated rings. The van der Waals surface area contributed by atoms with E-state index in [2.05, 4.69) is 50.1 Å². The van der Waals surface area contributed by atoms with E-state index in [-0.39, 0.29) is 5.91 Å². The highest BCUT2D eigenvalue weighted by molar-refractivity contribution is 7.17. The Morgan fingerprint density at radius 3 is 2.80 bits per heavy atom. The molecule has 10 heteroatoms. The summed E-state index contributed by atoms with van der Waals surface area (Å²) in [5.74, 6) is 1.88. The minimum atomic E-state index is -0.146. The normalized spacial score (nSPS) is 18.4. The topological polar surface area (TPSA) is 85.6 Å². The Morgan fingerprint density at radius 2 is 2.09 bits per heavy atom. The Kier molecular flexibility index (Phi) is 7.18. The van der Waals surface area contributed by atoms with Crippen molar-refractivity contribution >= 4 is 51.2 Å². The number of carbonyl (C=O) groups excluding carboxylic acids is 1. The first kappa shape index (κ1) is 24.3. The van der Waals surface area contributed by atoms with Gasteiger partial charge in [0.1, 0.15) is 15.7 Å². The van der Waals surface area contributed by atoms with E-state index in [9.17, 15) is 4.79 Å². The quantitative estimate of drug-likeness (QED) is 0.303. The van der Waals surface area contributed by atoms with E-state index in [1.807, 2.05) is 13.1 Å². The van der Waals surface area contributed by atoms with Crippen molar-refractivity contribution in [2.24, 2.45) is 11.8 Å². The van der Waals surface area contributed by atoms with E-state index >= 15 is 0 Å². The SMILES string of the molecule is Cc1nc(-c2cc3c(cn2)nc(CC(C)C)n3[C@@H]2CCCC(CNC(=O)c3ncc(Cl)s3)C2)cs1. The number of thiazole rings is 2. The van der Waals surface area contributed by atoms with Crippen LogP contribution in [0.3, 0.4) is 0 Å². The Bertz CT molecular complexity index is 1340. The van der Waals surface area contributed by atoms with Crippen LogP contribution in [0.5, 0.6) is 0 Å². The number of nitrogens with one attached hydrogen (secondary N) is 1. The van der Waals surface area contributed by atoms with Gasteiger partial charge >= 0.3 is 0 Å². The van der Waals surface area contributed by atoms with Crippen LogP contribution < -0.4 is 5.32 Å². The van der Waals surface area contributed by atoms with Crippen molar-refractivity contribution in [1.29, 1.82) is 0 Å². The number of hydrogen-bond donors (Lipinski definition) is 1. The number of nitrogens with zero attached hydrogens (tertiary/aromatic N) is 5. The van der Waals surface area contributed by atoms with Crippen LogP contribution in [-0.4, -0.2) is 37.0 Å². The number of fused-ring (bicyclic) bond motifs is 1. The number of hydrogen-bond acceptors (Lipinski definition) is 7. The number of halogens is 1. The van der Waals surface area contributed by atoms with E-state index in [4.69, 9.17) is 16.6 Å². The number of imidazole rings is 1. The van der Waals surface area contributed by atoms with Gasteiger partial charge < -0.3 is 9.88 Å². The van der Waals surface area contributed by atoms with Gasteiger partial charge in [-0.3, -0.25) is 9.78 Å². The summed E-state index contributed by atoms with van der Waals surface area (Å²) in [6, 6.07) is 2.49. The maximum Gasteiger partial charge on any atom is 0.280 e. The fraction of sp³-hybridized carbons (Fsp3) is 0.480. The predicted molar refractivity (Wildman–Crippen MR) is 142 cm³/mol. The average Bonchev–Trinajstić information content (AvgIpc) is 3.55. The molecule has 1 aliphatic carbocycles. The molecule has 4 aromatic rings. The molecule has 0 aliphatic heterocycles. The summed E-state index contributed by atoms with van der Waals surface area (Å²) in [7, 11) is 0. The van der Waals surface area contributed by atoms with Crippen molar-refractivity contribution in [3.05, 3.63) is 44.0 Å². The first-order valence-electron chi connectivity index (χ1n) is 12.1. The fourth-order valence-electron chi connectivity index (χ4n) is 4.94. The summed E-state index contributed by atoms with van der Waals surface area (Å²) in [4.78, 5) is 30.9. The molecule has 1 amide bonds. The van der Waals surface area contributed by atoms with Gasteiger partial charge in [-0.2, -0.15) is 0 Å². The highest BCUT2D eigenvalue weighted by atomic mass is 35.5. The molecule has 0 spiro atoms. The van der Waals surface area contributed by atoms with Crippen LogP contribution in [-0.2, 0) is 6.42 Å². The van der Waals surface area contributed by atoms with Crippen molar-refractivity contribution in [2.45, 2.75) is 58.9 Å². The molecular formula is C25H29ClN6OS2. The molecule has 0 saturated heterocycles. The van der Waals surface area contributed by atoms with Crippen LogP contribution in [0.25, 0.3) is 22.4 Å². The summed E-state index contributed by atoms with van der Waals surface area (Å²) < 4.78 is 2.98. The second-order valence-corrected chi connectivity index (χ2v) is 12.4. The summed E-state index contributed by atoms with van der Waals surface area (Å²) in [6.45, 7) is 7.12. The predicted octanol–water partition coefficient (Wildman–Crippen LogP) is 6.33. The molecule has 1 unspecified atom stereocenters. The standard InChI is InChI=1S/C25H29ClN6OS2/c1-14(2)7-23-31-19-11-27-18(20-13-34-15(3)30-20)9-21(19)32(23)17-6-4-5-16(8-17)10-28-24(33)25-29-12-22(26)35-25/h9,11-14,16-17H,4-8,10H2,1-3H3,(H,28,33)/t16?,17-/m1/s1. The number of amides is 1. The third-order valence-corrected chi connectivity index (χ3v) is 8.35. The lowest BCUT2D eigenvalue weighted by Crippen LogP contribution is -2.32. The Balaban J connectivity index is 1.40. The smallest absolute Gasteiger partial charge is 0.280 e. The second kappa shape index (κ2) is 10.3. The molecule has 4 aromatic heterocycles. The van der Waals surface area contributed by atoms with Gasteiger partial charge in [0, 0.05) is 24.4 Å². The molecule has 7 nitrogen and oxygen atoms in total. The van der Waals surface area contributed by atoms with Gasteiger partial charge in [-0.25, -0.2) is 15.0 Å². The van der Waals surface area contributed by atoms with E-state index in [1.54, 1.807) is 11.3 Å². The van der Waals surface area contributed by atoms with Crippen LogP contribution in [0.4, 0.5) is 0 Å². The molecule has 0 aromatic carbocycles. The maximum atomic E-state index is 12.5. The lowest BCUT2D eigenvalue weighted by molar-refractivity contribution is 0.0940. The Hall–Kier alpha value is -2.36. The number of pyridine rings is 1. The average molecular weight is 529 g/mol. The molecule has 2 atom stereocenters. The number of rotatable bonds is 7. The Morgan fingerprint density at radius 1 is 1.23 bits per heavy atom. The molecule has 1 saturated carbocycles. The van der Waals surface area contributed by atoms with Crippen LogP contribution in [0.1, 0.15) is 66.2 Å². The molecule has 35 heavy (non-hydrogen) atoms. The van der Waals surface area contributed by atoms with E-state index in [0.717, 1.165) is 65.4 Å². The second-order valence-electron chi connectivity index (χ2n) is 9.67. The van der Waals surface area contributed by atoms with Gasteiger partial charge in [0.05, 0.1) is 34.3 Å². The number of aryl methyl sites for hydroxylation is 1. The van der Waals surface area contributed by atoms with Gasteiger partial charge in [-0.05, 0) is 44.1 Å². The molecule has 0 radical (unpaired) electrons. The lowest BCUT2D eigenvalue weighted by Gasteiger charge is -2.32. The van der Waals surface area contributed by atoms with Crippen molar-refractivity contribution in [2.75, 3.05) is 6.54 Å². The summed E-state index contributed by atoms with van der Waals surface area (Å²) >= 11 is 8.79. The molecule has 1 aliphatic rings. The van der Waals surface area contributed by atoms with Crippen molar-refractivity contribution < 1.29 is 4.79 Å². The zero-order chi connectivity index (χ0) is 24.5. The van der Waals surface area contributed by atoms with E-state index in [1.165, 1.54) is 17.5 Å². The molecule has 5 rings (SSSR count). The summed E-state index contributed by atoms with van der Waals surface area (Å²) in [5, 5.41) is 6.59. The zero-order valence-electron chi connectivity index (χ0n) is 20.1. The highest BCUT2D eigenvalue weighted by Gasteiger charge is 2.28. The van der Waals surface area contributed by atoms with Crippen molar-refractivity contribution in [1.82, 2.24) is 29.8 Å². The number of carbonyl (C=O) groups is 1. The third-order valence-electron chi connectivity index (χ3n) is 6.46. The molecule has 4 heterocycles. The largest absolute Gasteiger partial charge is 0.350 e. The van der Waals surface area contributed by atoms with Gasteiger partial charge in [0.25, 0.3) is 5.91 Å². The molecule has 184 valence electrons. The summed E-state index contributed by atoms with van der Waals surface area (Å²) in [5.41, 5.74) is 3.87. The van der Waals surface area contributed by atoms with E-state index < -0.39 is 0 Å². The van der Waals surface area contributed by atoms with Gasteiger partial charge in [-0.15, -0.1) is 11.3 Å². The van der Waals surface area contributed by atoms with Crippen LogP contribution in [0, 0.1) is 18.8 Å². The highest BCUT2D eigenvalue weighted by Crippen LogP contribution is 2.37. The fourth-order valence-corrected chi connectivity index (χ4v) is 6.38. The minimum Gasteiger partial charge on any atom is -0.350 e. The van der Waals surface area contributed by atoms with E-state index in [0.29, 0.717) is 33.8 Å². The zero-order valence-corrected chi connectivity index (χ0v) is 22.5. The minimum absolute atomic E-state index is 0.146. The Labute approximate surface area is 218 Å². The van der Waals surface area contributed by atoms with Crippen LogP contribution >= 0.6 is 34.3 Å². The lowest BCUT2D eigenvalue weighted by atomic mass is 9.85. The number of aromatic nitrogens is 5. The van der Waals surface area contributed by atoms with Crippen molar-refractivity contribution in [3.8, 4) is 11.4 Å². The molecule has 1 N–H and O–H groups in total.